The molecule has 0 saturated heterocycles. The molecule has 1 heterocycles. The van der Waals surface area contributed by atoms with E-state index in [1.54, 1.807) is 12.1 Å². The molecule has 0 aliphatic rings. The molecule has 0 saturated carbocycles. The van der Waals surface area contributed by atoms with Crippen LogP contribution in [-0.2, 0) is 6.54 Å². The normalized spacial score (nSPS) is 10.9. The van der Waals surface area contributed by atoms with Gasteiger partial charge in [-0.1, -0.05) is 36.5 Å². The van der Waals surface area contributed by atoms with Gasteiger partial charge in [-0.25, -0.2) is 0 Å². The van der Waals surface area contributed by atoms with E-state index < -0.39 is 0 Å². The van der Waals surface area contributed by atoms with Crippen LogP contribution < -0.4 is 5.32 Å². The number of hydrogen-bond acceptors (Lipinski definition) is 1. The van der Waals surface area contributed by atoms with Crippen molar-refractivity contribution >= 4 is 23.2 Å². The molecule has 108 valence electrons. The van der Waals surface area contributed by atoms with Gasteiger partial charge in [0, 0.05) is 10.6 Å². The van der Waals surface area contributed by atoms with Gasteiger partial charge < -0.3 is 9.73 Å². The van der Waals surface area contributed by atoms with E-state index in [1.807, 2.05) is 18.2 Å². The highest BCUT2D eigenvalue weighted by Gasteiger charge is 2.10. The van der Waals surface area contributed by atoms with E-state index in [0.29, 0.717) is 10.0 Å². The molecule has 0 fully saturated rings. The van der Waals surface area contributed by atoms with Gasteiger partial charge in [-0.2, -0.15) is 0 Å². The first kappa shape index (κ1) is 15.4. The zero-order valence-corrected chi connectivity index (χ0v) is 13.2. The Hall–Kier alpha value is -0.960. The van der Waals surface area contributed by atoms with Crippen molar-refractivity contribution in [3.8, 4) is 11.3 Å². The van der Waals surface area contributed by atoms with Crippen LogP contribution in [0.15, 0.2) is 34.7 Å². The van der Waals surface area contributed by atoms with Crippen LogP contribution in [0.4, 0.5) is 0 Å². The van der Waals surface area contributed by atoms with E-state index >= 15 is 0 Å². The number of hydrogen-bond donors (Lipinski definition) is 1. The summed E-state index contributed by atoms with van der Waals surface area (Å²) in [6.45, 7) is 4.22. The Balaban J connectivity index is 1.96. The van der Waals surface area contributed by atoms with Crippen molar-refractivity contribution in [2.75, 3.05) is 6.54 Å². The van der Waals surface area contributed by atoms with E-state index in [0.717, 1.165) is 30.2 Å². The van der Waals surface area contributed by atoms with Crippen LogP contribution in [0.3, 0.4) is 0 Å². The Morgan fingerprint density at radius 3 is 2.75 bits per heavy atom. The molecule has 1 aromatic carbocycles. The van der Waals surface area contributed by atoms with E-state index in [-0.39, 0.29) is 0 Å². The fourth-order valence-electron chi connectivity index (χ4n) is 2.10. The van der Waals surface area contributed by atoms with Crippen LogP contribution in [0.25, 0.3) is 11.3 Å². The average Bonchev–Trinajstić information content (AvgIpc) is 2.90. The van der Waals surface area contributed by atoms with Crippen molar-refractivity contribution in [1.82, 2.24) is 0 Å². The third-order valence-corrected chi connectivity index (χ3v) is 3.78. The molecule has 0 atom stereocenters. The van der Waals surface area contributed by atoms with Gasteiger partial charge in [-0.15, -0.1) is 0 Å². The SMILES string of the molecule is CCCCC[NH2+]Cc1ccc(-c2cc(Cl)ccc2Cl)o1. The Labute approximate surface area is 130 Å². The molecule has 1 aromatic heterocycles. The molecule has 0 bridgehead atoms. The number of benzene rings is 1. The Morgan fingerprint density at radius 1 is 1.10 bits per heavy atom. The number of furan rings is 1. The molecule has 0 aliphatic carbocycles. The summed E-state index contributed by atoms with van der Waals surface area (Å²) in [7, 11) is 0. The molecular weight excluding hydrogens is 293 g/mol. The zero-order valence-electron chi connectivity index (χ0n) is 11.7. The molecular formula is C16H20Cl2NO+. The van der Waals surface area contributed by atoms with E-state index in [2.05, 4.69) is 12.2 Å². The van der Waals surface area contributed by atoms with Gasteiger partial charge in [0.1, 0.15) is 12.3 Å². The van der Waals surface area contributed by atoms with Crippen LogP contribution in [0.2, 0.25) is 10.0 Å². The van der Waals surface area contributed by atoms with Crippen molar-refractivity contribution in [3.63, 3.8) is 0 Å². The lowest BCUT2D eigenvalue weighted by Gasteiger charge is -2.02. The summed E-state index contributed by atoms with van der Waals surface area (Å²) in [6, 6.07) is 9.35. The van der Waals surface area contributed by atoms with Crippen molar-refractivity contribution < 1.29 is 9.73 Å². The molecule has 2 nitrogen and oxygen atoms in total. The van der Waals surface area contributed by atoms with Crippen LogP contribution in [0, 0.1) is 0 Å². The number of halogens is 2. The molecule has 4 heteroatoms. The van der Waals surface area contributed by atoms with Gasteiger partial charge in [0.15, 0.2) is 5.76 Å². The summed E-state index contributed by atoms with van der Waals surface area (Å²) in [4.78, 5) is 0. The van der Waals surface area contributed by atoms with Gasteiger partial charge in [0.25, 0.3) is 0 Å². The number of nitrogens with two attached hydrogens (primary N) is 1. The third kappa shape index (κ3) is 4.27. The maximum atomic E-state index is 6.18. The van der Waals surface area contributed by atoms with Gasteiger partial charge in [0.2, 0.25) is 0 Å². The summed E-state index contributed by atoms with van der Waals surface area (Å²) in [5.41, 5.74) is 0.844. The molecule has 0 spiro atoms. The van der Waals surface area contributed by atoms with Gasteiger partial charge in [0.05, 0.1) is 11.6 Å². The monoisotopic (exact) mass is 312 g/mol. The molecule has 0 amide bonds. The summed E-state index contributed by atoms with van der Waals surface area (Å²) in [5, 5.41) is 3.59. The minimum absolute atomic E-state index is 0.655. The molecule has 0 aliphatic heterocycles. The zero-order chi connectivity index (χ0) is 14.4. The van der Waals surface area contributed by atoms with E-state index in [9.17, 15) is 0 Å². The lowest BCUT2D eigenvalue weighted by atomic mass is 10.2. The third-order valence-electron chi connectivity index (χ3n) is 3.21. The van der Waals surface area contributed by atoms with Crippen LogP contribution in [0.1, 0.15) is 31.9 Å². The Morgan fingerprint density at radius 2 is 1.95 bits per heavy atom. The van der Waals surface area contributed by atoms with Crippen LogP contribution in [0.5, 0.6) is 0 Å². The van der Waals surface area contributed by atoms with Crippen LogP contribution >= 0.6 is 23.2 Å². The average molecular weight is 313 g/mol. The molecule has 2 N–H and O–H groups in total. The predicted molar refractivity (Wildman–Crippen MR) is 84.2 cm³/mol. The lowest BCUT2D eigenvalue weighted by molar-refractivity contribution is -0.672. The molecule has 0 radical (unpaired) electrons. The molecule has 20 heavy (non-hydrogen) atoms. The fourth-order valence-corrected chi connectivity index (χ4v) is 2.48. The second kappa shape index (κ2) is 7.72. The smallest absolute Gasteiger partial charge is 0.158 e. The van der Waals surface area contributed by atoms with Crippen molar-refractivity contribution in [3.05, 3.63) is 46.1 Å². The van der Waals surface area contributed by atoms with Crippen molar-refractivity contribution in [2.45, 2.75) is 32.7 Å². The lowest BCUT2D eigenvalue weighted by Crippen LogP contribution is -2.82. The van der Waals surface area contributed by atoms with Gasteiger partial charge in [-0.05, 0) is 43.2 Å². The fraction of sp³-hybridized carbons (Fsp3) is 0.375. The largest absolute Gasteiger partial charge is 0.455 e. The Kier molecular flexibility index (Phi) is 5.96. The minimum Gasteiger partial charge on any atom is -0.455 e. The first-order chi connectivity index (χ1) is 9.70. The molecule has 2 rings (SSSR count). The van der Waals surface area contributed by atoms with Crippen LogP contribution in [-0.4, -0.2) is 6.54 Å². The van der Waals surface area contributed by atoms with Crippen molar-refractivity contribution in [2.24, 2.45) is 0 Å². The number of quaternary nitrogens is 1. The first-order valence-corrected chi connectivity index (χ1v) is 7.82. The minimum atomic E-state index is 0.655. The summed E-state index contributed by atoms with van der Waals surface area (Å²) >= 11 is 12.2. The van der Waals surface area contributed by atoms with E-state index in [4.69, 9.17) is 27.6 Å². The van der Waals surface area contributed by atoms with E-state index in [1.165, 1.54) is 19.3 Å². The second-order valence-electron chi connectivity index (χ2n) is 4.88. The number of unbranched alkanes of at least 4 members (excludes halogenated alkanes) is 2. The van der Waals surface area contributed by atoms with Gasteiger partial charge in [-0.3, -0.25) is 0 Å². The maximum absolute atomic E-state index is 6.18. The summed E-state index contributed by atoms with van der Waals surface area (Å²) < 4.78 is 5.84. The standard InChI is InChI=1S/C16H19Cl2NO/c1-2-3-4-9-19-11-13-6-8-16(20-13)14-10-12(17)5-7-15(14)18/h5-8,10,19H,2-4,9,11H2,1H3/p+1. The van der Waals surface area contributed by atoms with Crippen molar-refractivity contribution in [1.29, 1.82) is 0 Å². The van der Waals surface area contributed by atoms with Gasteiger partial charge >= 0.3 is 0 Å². The molecule has 2 aromatic rings. The molecule has 0 unspecified atom stereocenters. The Bertz CT molecular complexity index is 551. The highest BCUT2D eigenvalue weighted by atomic mass is 35.5. The topological polar surface area (TPSA) is 29.8 Å². The summed E-state index contributed by atoms with van der Waals surface area (Å²) in [6.07, 6.45) is 3.80. The predicted octanol–water partition coefficient (Wildman–Crippen LogP) is 4.51. The second-order valence-corrected chi connectivity index (χ2v) is 5.72. The summed E-state index contributed by atoms with van der Waals surface area (Å²) in [5.74, 6) is 1.74. The maximum Gasteiger partial charge on any atom is 0.158 e. The highest BCUT2D eigenvalue weighted by molar-refractivity contribution is 6.35. The quantitative estimate of drug-likeness (QED) is 0.749. The highest BCUT2D eigenvalue weighted by Crippen LogP contribution is 2.31. The number of rotatable bonds is 7. The first-order valence-electron chi connectivity index (χ1n) is 7.06.